The van der Waals surface area contributed by atoms with Gasteiger partial charge in [0, 0.05) is 43.3 Å². The Labute approximate surface area is 227 Å². The van der Waals surface area contributed by atoms with E-state index in [2.05, 4.69) is 21.4 Å². The molecule has 3 atom stereocenters. The number of anilines is 1. The molecule has 0 bridgehead atoms. The lowest BCUT2D eigenvalue weighted by molar-refractivity contribution is -0.143. The van der Waals surface area contributed by atoms with E-state index in [0.717, 1.165) is 49.9 Å². The molecule has 39 heavy (non-hydrogen) atoms. The van der Waals surface area contributed by atoms with Crippen LogP contribution in [0.4, 0.5) is 19.0 Å². The third-order valence-corrected chi connectivity index (χ3v) is 8.26. The summed E-state index contributed by atoms with van der Waals surface area (Å²) in [5.41, 5.74) is 2.70. The number of carbonyl (C=O) groups is 1. The predicted molar refractivity (Wildman–Crippen MR) is 140 cm³/mol. The Morgan fingerprint density at radius 1 is 1.23 bits per heavy atom. The molecule has 7 nitrogen and oxygen atoms in total. The molecule has 0 amide bonds. The number of carboxylic acid groups (broad SMARTS) is 1. The number of pyridine rings is 2. The Kier molecular flexibility index (Phi) is 8.71. The summed E-state index contributed by atoms with van der Waals surface area (Å²) in [5.74, 6) is -4.81. The number of rotatable bonds is 10. The molecule has 0 saturated carbocycles. The lowest BCUT2D eigenvalue weighted by atomic mass is 9.94. The number of aromatic nitrogens is 2. The third-order valence-electron chi connectivity index (χ3n) is 8.26. The second-order valence-electron chi connectivity index (χ2n) is 11.0. The molecule has 212 valence electrons. The number of unbranched alkanes of at least 4 members (excludes halogenated alkanes) is 1. The molecule has 2 saturated heterocycles. The van der Waals surface area contributed by atoms with Gasteiger partial charge in [-0.25, -0.2) is 18.2 Å². The van der Waals surface area contributed by atoms with Crippen LogP contribution in [0.15, 0.2) is 24.4 Å². The Balaban J connectivity index is 1.20. The van der Waals surface area contributed by atoms with Crippen molar-refractivity contribution in [2.45, 2.75) is 82.3 Å². The van der Waals surface area contributed by atoms with Crippen LogP contribution in [0, 0.1) is 11.7 Å². The summed E-state index contributed by atoms with van der Waals surface area (Å²) >= 11 is 0. The highest BCUT2D eigenvalue weighted by Gasteiger charge is 2.46. The molecular formula is C29H37F3N4O3. The van der Waals surface area contributed by atoms with Gasteiger partial charge in [0.05, 0.1) is 18.0 Å². The lowest BCUT2D eigenvalue weighted by Gasteiger charge is -2.30. The van der Waals surface area contributed by atoms with Crippen LogP contribution in [0.25, 0.3) is 0 Å². The number of ether oxygens (including phenoxy) is 1. The van der Waals surface area contributed by atoms with Crippen molar-refractivity contribution in [2.24, 2.45) is 5.92 Å². The Bertz CT molecular complexity index is 1160. The highest BCUT2D eigenvalue weighted by molar-refractivity contribution is 5.76. The van der Waals surface area contributed by atoms with Gasteiger partial charge in [0.2, 0.25) is 0 Å². The molecule has 1 unspecified atom stereocenters. The zero-order valence-corrected chi connectivity index (χ0v) is 22.2. The van der Waals surface area contributed by atoms with Crippen molar-refractivity contribution in [3.63, 3.8) is 0 Å². The lowest BCUT2D eigenvalue weighted by Crippen LogP contribution is -2.36. The number of aryl methyl sites for hydroxylation is 2. The molecule has 0 aliphatic carbocycles. The van der Waals surface area contributed by atoms with Gasteiger partial charge in [-0.2, -0.15) is 0 Å². The van der Waals surface area contributed by atoms with E-state index in [4.69, 9.17) is 4.74 Å². The average molecular weight is 547 g/mol. The van der Waals surface area contributed by atoms with Gasteiger partial charge in [-0.3, -0.25) is 14.7 Å². The highest BCUT2D eigenvalue weighted by atomic mass is 19.3. The number of nitrogens with zero attached hydrogens (tertiary/aromatic N) is 3. The molecule has 3 aliphatic rings. The summed E-state index contributed by atoms with van der Waals surface area (Å²) in [7, 11) is 0. The highest BCUT2D eigenvalue weighted by Crippen LogP contribution is 2.41. The number of fused-ring (bicyclic) bond motifs is 1. The largest absolute Gasteiger partial charge is 0.480 e. The number of nitrogens with one attached hydrogen (secondary N) is 1. The van der Waals surface area contributed by atoms with Gasteiger partial charge < -0.3 is 15.2 Å². The monoisotopic (exact) mass is 546 g/mol. The number of halogens is 3. The van der Waals surface area contributed by atoms with Crippen molar-refractivity contribution in [2.75, 3.05) is 31.6 Å². The van der Waals surface area contributed by atoms with Crippen LogP contribution < -0.4 is 5.32 Å². The fourth-order valence-corrected chi connectivity index (χ4v) is 6.14. The zero-order valence-electron chi connectivity index (χ0n) is 22.2. The number of likely N-dealkylation sites (tertiary alicyclic amines) is 1. The summed E-state index contributed by atoms with van der Waals surface area (Å²) in [6, 6.07) is 3.98. The number of aliphatic carboxylic acids is 1. The molecule has 5 heterocycles. The second-order valence-corrected chi connectivity index (χ2v) is 11.0. The first-order chi connectivity index (χ1) is 18.8. The van der Waals surface area contributed by atoms with Gasteiger partial charge in [-0.1, -0.05) is 6.07 Å². The van der Waals surface area contributed by atoms with Gasteiger partial charge in [-0.05, 0) is 82.0 Å². The Hall–Kier alpha value is -2.72. The minimum absolute atomic E-state index is 0.0660. The molecular weight excluding hydrogens is 509 g/mol. The number of hydrogen-bond acceptors (Lipinski definition) is 6. The number of hydrogen-bond donors (Lipinski definition) is 2. The van der Waals surface area contributed by atoms with Crippen LogP contribution in [0.5, 0.6) is 0 Å². The predicted octanol–water partition coefficient (Wildman–Crippen LogP) is 5.71. The normalized spacial score (nSPS) is 22.7. The first-order valence-electron chi connectivity index (χ1n) is 14.2. The van der Waals surface area contributed by atoms with E-state index in [-0.39, 0.29) is 31.5 Å². The van der Waals surface area contributed by atoms with Gasteiger partial charge in [0.1, 0.15) is 17.7 Å². The molecule has 2 aromatic heterocycles. The maximum atomic E-state index is 15.3. The van der Waals surface area contributed by atoms with Crippen LogP contribution >= 0.6 is 0 Å². The van der Waals surface area contributed by atoms with Crippen LogP contribution in [-0.2, 0) is 22.4 Å². The van der Waals surface area contributed by atoms with E-state index in [0.29, 0.717) is 38.0 Å². The summed E-state index contributed by atoms with van der Waals surface area (Å²) in [4.78, 5) is 22.8. The maximum absolute atomic E-state index is 15.3. The first-order valence-corrected chi connectivity index (χ1v) is 14.2. The molecule has 0 radical (unpaired) electrons. The van der Waals surface area contributed by atoms with Crippen LogP contribution in [0.1, 0.15) is 86.0 Å². The number of alkyl halides is 2. The van der Waals surface area contributed by atoms with Crippen LogP contribution in [-0.4, -0.2) is 58.1 Å². The Morgan fingerprint density at radius 2 is 2.10 bits per heavy atom. The molecule has 2 N–H and O–H groups in total. The van der Waals surface area contributed by atoms with Crippen LogP contribution in [0.3, 0.4) is 0 Å². The second kappa shape index (κ2) is 12.2. The molecule has 3 aliphatic heterocycles. The molecule has 5 rings (SSSR count). The standard InChI is InChI=1S/C29H37F3N4O3/c30-21-16-23(25(34-17-21)24-8-2-4-15-39-24)26(28(37)38)36-14-11-20(18-36)29(31,32)12-3-1-7-22-10-9-19-6-5-13-33-27(19)35-22/h9-10,16-17,20,24,26H,1-8,11-15,18H2,(H,33,35)(H,37,38)/t20?,24-,26-/m0/s1. The topological polar surface area (TPSA) is 87.6 Å². The smallest absolute Gasteiger partial charge is 0.325 e. The molecule has 0 spiro atoms. The molecule has 0 aromatic carbocycles. The van der Waals surface area contributed by atoms with Crippen molar-refractivity contribution in [3.8, 4) is 0 Å². The summed E-state index contributed by atoms with van der Waals surface area (Å²) < 4.78 is 50.6. The van der Waals surface area contributed by atoms with Gasteiger partial charge in [0.15, 0.2) is 0 Å². The third kappa shape index (κ3) is 6.54. The average Bonchev–Trinajstić information content (AvgIpc) is 3.42. The van der Waals surface area contributed by atoms with Gasteiger partial charge in [-0.15, -0.1) is 0 Å². The van der Waals surface area contributed by atoms with Gasteiger partial charge >= 0.3 is 5.97 Å². The van der Waals surface area contributed by atoms with Crippen molar-refractivity contribution >= 4 is 11.8 Å². The van der Waals surface area contributed by atoms with Crippen molar-refractivity contribution < 1.29 is 27.8 Å². The molecule has 2 aromatic rings. The zero-order chi connectivity index (χ0) is 27.4. The maximum Gasteiger partial charge on any atom is 0.325 e. The van der Waals surface area contributed by atoms with E-state index >= 15 is 8.78 Å². The number of carboxylic acids is 1. The SMILES string of the molecule is O=C(O)[C@H](c1cc(F)cnc1[C@@H]1CCCCO1)N1CCC(C(F)(F)CCCCc2ccc3c(n2)NCCC3)C1. The van der Waals surface area contributed by atoms with Gasteiger partial charge in [0.25, 0.3) is 5.92 Å². The van der Waals surface area contributed by atoms with Crippen molar-refractivity contribution in [3.05, 3.63) is 52.7 Å². The van der Waals surface area contributed by atoms with Crippen LogP contribution in [0.2, 0.25) is 0 Å². The first kappa shape index (κ1) is 27.8. The Morgan fingerprint density at radius 3 is 2.90 bits per heavy atom. The summed E-state index contributed by atoms with van der Waals surface area (Å²) in [5, 5.41) is 13.4. The van der Waals surface area contributed by atoms with Crippen molar-refractivity contribution in [1.29, 1.82) is 0 Å². The minimum atomic E-state index is -2.92. The van der Waals surface area contributed by atoms with E-state index in [1.165, 1.54) is 16.5 Å². The van der Waals surface area contributed by atoms with E-state index in [9.17, 15) is 14.3 Å². The molecule has 10 heteroatoms. The molecule has 2 fully saturated rings. The van der Waals surface area contributed by atoms with E-state index in [1.807, 2.05) is 6.07 Å². The summed E-state index contributed by atoms with van der Waals surface area (Å²) in [6.45, 7) is 1.56. The fraction of sp³-hybridized carbons (Fsp3) is 0.621. The fourth-order valence-electron chi connectivity index (χ4n) is 6.14. The van der Waals surface area contributed by atoms with E-state index < -0.39 is 35.8 Å². The minimum Gasteiger partial charge on any atom is -0.480 e. The quantitative estimate of drug-likeness (QED) is 0.369. The van der Waals surface area contributed by atoms with Crippen molar-refractivity contribution in [1.82, 2.24) is 14.9 Å². The van der Waals surface area contributed by atoms with E-state index in [1.54, 1.807) is 0 Å². The summed E-state index contributed by atoms with van der Waals surface area (Å²) in [6.07, 6.45) is 6.74.